The largest absolute Gasteiger partial charge is 0.493 e. The zero-order valence-electron chi connectivity index (χ0n) is 10.9. The molecule has 0 amide bonds. The maximum atomic E-state index is 8.72. The average Bonchev–Trinajstić information content (AvgIpc) is 2.48. The maximum absolute atomic E-state index is 8.72. The molecule has 0 bridgehead atoms. The van der Waals surface area contributed by atoms with Gasteiger partial charge in [0.05, 0.1) is 18.2 Å². The van der Waals surface area contributed by atoms with Crippen molar-refractivity contribution in [3.8, 4) is 11.8 Å². The van der Waals surface area contributed by atoms with Crippen LogP contribution in [0.5, 0.6) is 5.75 Å². The van der Waals surface area contributed by atoms with Crippen LogP contribution in [0, 0.1) is 11.3 Å². The van der Waals surface area contributed by atoms with Gasteiger partial charge in [-0.25, -0.2) is 0 Å². The highest BCUT2D eigenvalue weighted by molar-refractivity contribution is 7.98. The van der Waals surface area contributed by atoms with E-state index in [0.717, 1.165) is 17.3 Å². The first-order chi connectivity index (χ1) is 9.78. The molecule has 0 fully saturated rings. The third kappa shape index (κ3) is 4.80. The third-order valence-electron chi connectivity index (χ3n) is 2.64. The minimum absolute atomic E-state index is 0.654. The number of hydrogen-bond acceptors (Lipinski definition) is 3. The van der Waals surface area contributed by atoms with Crippen molar-refractivity contribution in [2.75, 3.05) is 12.4 Å². The molecule has 4 heteroatoms. The molecule has 0 aromatic heterocycles. The van der Waals surface area contributed by atoms with Crippen LogP contribution in [0.15, 0.2) is 48.5 Å². The molecular weight excluding hydrogens is 290 g/mol. The summed E-state index contributed by atoms with van der Waals surface area (Å²) in [5.74, 6) is 2.63. The van der Waals surface area contributed by atoms with E-state index in [-0.39, 0.29) is 0 Å². The summed E-state index contributed by atoms with van der Waals surface area (Å²) in [6, 6.07) is 17.2. The molecule has 2 aromatic rings. The van der Waals surface area contributed by atoms with Crippen molar-refractivity contribution in [1.82, 2.24) is 0 Å². The summed E-state index contributed by atoms with van der Waals surface area (Å²) in [5.41, 5.74) is 1.92. The minimum Gasteiger partial charge on any atom is -0.493 e. The van der Waals surface area contributed by atoms with E-state index in [1.54, 1.807) is 11.8 Å². The SMILES string of the molecule is N#Cc1ccc(CSCCOc2cccc(Cl)c2)cc1. The second-order valence-corrected chi connectivity index (χ2v) is 5.71. The van der Waals surface area contributed by atoms with Gasteiger partial charge in [0.25, 0.3) is 0 Å². The van der Waals surface area contributed by atoms with Crippen LogP contribution >= 0.6 is 23.4 Å². The fourth-order valence-corrected chi connectivity index (χ4v) is 2.59. The molecule has 0 aliphatic carbocycles. The van der Waals surface area contributed by atoms with Gasteiger partial charge in [0.15, 0.2) is 0 Å². The van der Waals surface area contributed by atoms with E-state index in [1.807, 2.05) is 48.5 Å². The fraction of sp³-hybridized carbons (Fsp3) is 0.188. The van der Waals surface area contributed by atoms with Gasteiger partial charge in [-0.3, -0.25) is 0 Å². The Kier molecular flexibility index (Phi) is 5.79. The van der Waals surface area contributed by atoms with Crippen molar-refractivity contribution in [3.63, 3.8) is 0 Å². The zero-order chi connectivity index (χ0) is 14.2. The summed E-state index contributed by atoms with van der Waals surface area (Å²) in [5, 5.41) is 9.41. The molecule has 0 spiro atoms. The quantitative estimate of drug-likeness (QED) is 0.735. The molecule has 0 radical (unpaired) electrons. The second-order valence-electron chi connectivity index (χ2n) is 4.17. The van der Waals surface area contributed by atoms with Gasteiger partial charge in [-0.15, -0.1) is 0 Å². The maximum Gasteiger partial charge on any atom is 0.120 e. The smallest absolute Gasteiger partial charge is 0.120 e. The van der Waals surface area contributed by atoms with Gasteiger partial charge in [0.1, 0.15) is 5.75 Å². The van der Waals surface area contributed by atoms with E-state index < -0.39 is 0 Å². The molecule has 20 heavy (non-hydrogen) atoms. The van der Waals surface area contributed by atoms with Gasteiger partial charge >= 0.3 is 0 Å². The Hall–Kier alpha value is -1.63. The van der Waals surface area contributed by atoms with Crippen molar-refractivity contribution < 1.29 is 4.74 Å². The summed E-state index contributed by atoms with van der Waals surface area (Å²) in [7, 11) is 0. The second kappa shape index (κ2) is 7.84. The van der Waals surface area contributed by atoms with Gasteiger partial charge in [-0.1, -0.05) is 29.8 Å². The molecule has 0 saturated heterocycles. The van der Waals surface area contributed by atoms with Gasteiger partial charge in [-0.05, 0) is 35.9 Å². The number of nitriles is 1. The Morgan fingerprint density at radius 3 is 2.65 bits per heavy atom. The van der Waals surface area contributed by atoms with E-state index in [1.165, 1.54) is 5.56 Å². The van der Waals surface area contributed by atoms with E-state index >= 15 is 0 Å². The Labute approximate surface area is 128 Å². The molecule has 2 nitrogen and oxygen atoms in total. The molecule has 0 heterocycles. The molecule has 2 rings (SSSR count). The van der Waals surface area contributed by atoms with Crippen LogP contribution in [0.2, 0.25) is 5.02 Å². The van der Waals surface area contributed by atoms with E-state index in [9.17, 15) is 0 Å². The summed E-state index contributed by atoms with van der Waals surface area (Å²) >= 11 is 7.68. The summed E-state index contributed by atoms with van der Waals surface area (Å²) in [6.45, 7) is 0.654. The Morgan fingerprint density at radius 1 is 1.15 bits per heavy atom. The lowest BCUT2D eigenvalue weighted by atomic mass is 10.2. The normalized spacial score (nSPS) is 10.0. The zero-order valence-corrected chi connectivity index (χ0v) is 12.5. The van der Waals surface area contributed by atoms with Crippen LogP contribution in [0.4, 0.5) is 0 Å². The summed E-state index contributed by atoms with van der Waals surface area (Å²) < 4.78 is 5.61. The minimum atomic E-state index is 0.654. The molecule has 2 aromatic carbocycles. The number of rotatable bonds is 6. The molecule has 0 unspecified atom stereocenters. The van der Waals surface area contributed by atoms with Gasteiger partial charge in [-0.2, -0.15) is 17.0 Å². The first-order valence-corrected chi connectivity index (χ1v) is 7.76. The van der Waals surface area contributed by atoms with Crippen LogP contribution in [-0.4, -0.2) is 12.4 Å². The number of nitrogens with zero attached hydrogens (tertiary/aromatic N) is 1. The molecule has 0 aliphatic rings. The van der Waals surface area contributed by atoms with Crippen molar-refractivity contribution in [3.05, 3.63) is 64.7 Å². The first-order valence-electron chi connectivity index (χ1n) is 6.23. The Bertz CT molecular complexity index is 592. The number of benzene rings is 2. The molecule has 0 atom stereocenters. The van der Waals surface area contributed by atoms with Crippen molar-refractivity contribution in [2.45, 2.75) is 5.75 Å². The number of thioether (sulfide) groups is 1. The topological polar surface area (TPSA) is 33.0 Å². The van der Waals surface area contributed by atoms with Gasteiger partial charge < -0.3 is 4.74 Å². The van der Waals surface area contributed by atoms with E-state index in [2.05, 4.69) is 6.07 Å². The highest BCUT2D eigenvalue weighted by Crippen LogP contribution is 2.18. The summed E-state index contributed by atoms with van der Waals surface area (Å²) in [6.07, 6.45) is 0. The Morgan fingerprint density at radius 2 is 1.95 bits per heavy atom. The van der Waals surface area contributed by atoms with Gasteiger partial charge in [0.2, 0.25) is 0 Å². The number of hydrogen-bond donors (Lipinski definition) is 0. The first kappa shape index (κ1) is 14.8. The van der Waals surface area contributed by atoms with Crippen LogP contribution in [0.25, 0.3) is 0 Å². The highest BCUT2D eigenvalue weighted by Gasteiger charge is 1.97. The van der Waals surface area contributed by atoms with Gasteiger partial charge in [0, 0.05) is 16.5 Å². The van der Waals surface area contributed by atoms with Crippen molar-refractivity contribution in [1.29, 1.82) is 5.26 Å². The van der Waals surface area contributed by atoms with Crippen LogP contribution in [-0.2, 0) is 5.75 Å². The van der Waals surface area contributed by atoms with E-state index in [4.69, 9.17) is 21.6 Å². The monoisotopic (exact) mass is 303 g/mol. The standard InChI is InChI=1S/C16H14ClNOS/c17-15-2-1-3-16(10-15)19-8-9-20-12-14-6-4-13(11-18)5-7-14/h1-7,10H,8-9,12H2. The molecule has 0 saturated carbocycles. The molecule has 0 N–H and O–H groups in total. The van der Waals surface area contributed by atoms with Crippen molar-refractivity contribution in [2.24, 2.45) is 0 Å². The molecule has 102 valence electrons. The summed E-state index contributed by atoms with van der Waals surface area (Å²) in [4.78, 5) is 0. The van der Waals surface area contributed by atoms with Crippen LogP contribution < -0.4 is 4.74 Å². The van der Waals surface area contributed by atoms with Crippen molar-refractivity contribution >= 4 is 23.4 Å². The molecule has 0 aliphatic heterocycles. The fourth-order valence-electron chi connectivity index (χ4n) is 1.64. The third-order valence-corrected chi connectivity index (χ3v) is 3.87. The van der Waals surface area contributed by atoms with Crippen LogP contribution in [0.1, 0.15) is 11.1 Å². The number of halogens is 1. The number of ether oxygens (including phenoxy) is 1. The highest BCUT2D eigenvalue weighted by atomic mass is 35.5. The van der Waals surface area contributed by atoms with E-state index in [0.29, 0.717) is 17.2 Å². The van der Waals surface area contributed by atoms with Crippen LogP contribution in [0.3, 0.4) is 0 Å². The Balaban J connectivity index is 1.67. The lowest BCUT2D eigenvalue weighted by molar-refractivity contribution is 0.344. The lowest BCUT2D eigenvalue weighted by Gasteiger charge is -2.06. The average molecular weight is 304 g/mol. The predicted molar refractivity (Wildman–Crippen MR) is 84.3 cm³/mol. The molecular formula is C16H14ClNOS. The lowest BCUT2D eigenvalue weighted by Crippen LogP contribution is -2.00. The predicted octanol–water partition coefficient (Wildman–Crippen LogP) is 4.52.